The second kappa shape index (κ2) is 5.85. The maximum absolute atomic E-state index is 11.4. The van der Waals surface area contributed by atoms with Crippen LogP contribution in [0.4, 0.5) is 5.82 Å². The third-order valence-electron chi connectivity index (χ3n) is 3.38. The molecule has 0 atom stereocenters. The van der Waals surface area contributed by atoms with Gasteiger partial charge in [-0.05, 0) is 31.4 Å². The Morgan fingerprint density at radius 3 is 2.50 bits per heavy atom. The molecule has 1 fully saturated rings. The zero-order chi connectivity index (χ0) is 13.0. The largest absolute Gasteiger partial charge is 0.465 e. The standard InChI is InChI=1S/C14H20N2O2/c1-11-9-12(14(17)18-2)10-15-13(11)16-7-5-3-4-6-8-16/h9-10H,3-8H2,1-2H3. The molecular weight excluding hydrogens is 228 g/mol. The minimum atomic E-state index is -0.326. The van der Waals surface area contributed by atoms with Gasteiger partial charge in [0.05, 0.1) is 12.7 Å². The summed E-state index contributed by atoms with van der Waals surface area (Å²) in [7, 11) is 1.39. The van der Waals surface area contributed by atoms with E-state index in [2.05, 4.69) is 9.88 Å². The highest BCUT2D eigenvalue weighted by molar-refractivity contribution is 5.89. The molecule has 2 heterocycles. The first-order valence-electron chi connectivity index (χ1n) is 6.52. The third-order valence-corrected chi connectivity index (χ3v) is 3.38. The van der Waals surface area contributed by atoms with Crippen LogP contribution in [0.15, 0.2) is 12.3 Å². The Hall–Kier alpha value is -1.58. The fourth-order valence-corrected chi connectivity index (χ4v) is 2.41. The number of aromatic nitrogens is 1. The molecule has 1 aliphatic heterocycles. The normalized spacial score (nSPS) is 16.2. The van der Waals surface area contributed by atoms with Gasteiger partial charge < -0.3 is 9.64 Å². The summed E-state index contributed by atoms with van der Waals surface area (Å²) < 4.78 is 4.70. The van der Waals surface area contributed by atoms with E-state index in [1.165, 1.54) is 32.8 Å². The van der Waals surface area contributed by atoms with E-state index >= 15 is 0 Å². The number of hydrogen-bond donors (Lipinski definition) is 0. The summed E-state index contributed by atoms with van der Waals surface area (Å²) in [6.07, 6.45) is 6.66. The number of hydrogen-bond acceptors (Lipinski definition) is 4. The molecule has 98 valence electrons. The maximum Gasteiger partial charge on any atom is 0.339 e. The number of nitrogens with zero attached hydrogens (tertiary/aromatic N) is 2. The fraction of sp³-hybridized carbons (Fsp3) is 0.571. The predicted octanol–water partition coefficient (Wildman–Crippen LogP) is 2.56. The lowest BCUT2D eigenvalue weighted by Crippen LogP contribution is -2.26. The smallest absolute Gasteiger partial charge is 0.339 e. The maximum atomic E-state index is 11.4. The molecule has 1 aromatic rings. The van der Waals surface area contributed by atoms with Gasteiger partial charge in [0.2, 0.25) is 0 Å². The van der Waals surface area contributed by atoms with Crippen LogP contribution in [0.3, 0.4) is 0 Å². The molecule has 0 N–H and O–H groups in total. The van der Waals surface area contributed by atoms with Gasteiger partial charge in [0.25, 0.3) is 0 Å². The first-order valence-corrected chi connectivity index (χ1v) is 6.52. The second-order valence-electron chi connectivity index (χ2n) is 4.76. The molecule has 1 aromatic heterocycles. The van der Waals surface area contributed by atoms with E-state index in [1.54, 1.807) is 6.20 Å². The molecule has 0 unspecified atom stereocenters. The zero-order valence-electron chi connectivity index (χ0n) is 11.1. The van der Waals surface area contributed by atoms with Gasteiger partial charge in [-0.25, -0.2) is 9.78 Å². The van der Waals surface area contributed by atoms with E-state index in [9.17, 15) is 4.79 Å². The van der Waals surface area contributed by atoms with E-state index in [0.717, 1.165) is 24.5 Å². The Kier molecular flexibility index (Phi) is 4.18. The highest BCUT2D eigenvalue weighted by atomic mass is 16.5. The van der Waals surface area contributed by atoms with E-state index in [4.69, 9.17) is 4.74 Å². The van der Waals surface area contributed by atoms with Gasteiger partial charge in [0.15, 0.2) is 0 Å². The number of carbonyl (C=O) groups is 1. The van der Waals surface area contributed by atoms with Crippen LogP contribution in [0.5, 0.6) is 0 Å². The topological polar surface area (TPSA) is 42.4 Å². The van der Waals surface area contributed by atoms with Crippen LogP contribution in [0.1, 0.15) is 41.6 Å². The van der Waals surface area contributed by atoms with E-state index in [1.807, 2.05) is 13.0 Å². The molecule has 0 saturated carbocycles. The van der Waals surface area contributed by atoms with Crippen LogP contribution in [-0.2, 0) is 4.74 Å². The lowest BCUT2D eigenvalue weighted by molar-refractivity contribution is 0.0600. The Morgan fingerprint density at radius 1 is 1.28 bits per heavy atom. The van der Waals surface area contributed by atoms with Crippen molar-refractivity contribution in [2.75, 3.05) is 25.1 Å². The van der Waals surface area contributed by atoms with Crippen molar-refractivity contribution in [3.05, 3.63) is 23.4 Å². The highest BCUT2D eigenvalue weighted by Gasteiger charge is 2.15. The first kappa shape index (κ1) is 12.9. The Labute approximate surface area is 108 Å². The number of esters is 1. The SMILES string of the molecule is COC(=O)c1cnc(N2CCCCCC2)c(C)c1. The lowest BCUT2D eigenvalue weighted by Gasteiger charge is -2.23. The fourth-order valence-electron chi connectivity index (χ4n) is 2.41. The van der Waals surface area contributed by atoms with Crippen molar-refractivity contribution in [2.45, 2.75) is 32.6 Å². The molecule has 0 spiro atoms. The Balaban J connectivity index is 2.20. The molecule has 0 aromatic carbocycles. The molecule has 4 nitrogen and oxygen atoms in total. The summed E-state index contributed by atoms with van der Waals surface area (Å²) in [5.74, 6) is 0.678. The van der Waals surface area contributed by atoms with E-state index in [0.29, 0.717) is 5.56 Å². The second-order valence-corrected chi connectivity index (χ2v) is 4.76. The van der Waals surface area contributed by atoms with Crippen LogP contribution in [-0.4, -0.2) is 31.2 Å². The van der Waals surface area contributed by atoms with Crippen molar-refractivity contribution >= 4 is 11.8 Å². The quantitative estimate of drug-likeness (QED) is 0.754. The van der Waals surface area contributed by atoms with Crippen molar-refractivity contribution in [1.82, 2.24) is 4.98 Å². The molecule has 2 rings (SSSR count). The molecule has 1 saturated heterocycles. The number of pyridine rings is 1. The molecule has 0 bridgehead atoms. The van der Waals surface area contributed by atoms with Gasteiger partial charge in [-0.3, -0.25) is 0 Å². The van der Waals surface area contributed by atoms with Crippen molar-refractivity contribution in [3.63, 3.8) is 0 Å². The van der Waals surface area contributed by atoms with Crippen molar-refractivity contribution in [1.29, 1.82) is 0 Å². The summed E-state index contributed by atoms with van der Waals surface area (Å²) in [6.45, 7) is 4.12. The van der Waals surface area contributed by atoms with Gasteiger partial charge in [-0.15, -0.1) is 0 Å². The first-order chi connectivity index (χ1) is 8.72. The average Bonchev–Trinajstić information content (AvgIpc) is 2.66. The molecular formula is C14H20N2O2. The molecule has 18 heavy (non-hydrogen) atoms. The number of carbonyl (C=O) groups excluding carboxylic acids is 1. The van der Waals surface area contributed by atoms with Crippen LogP contribution in [0.2, 0.25) is 0 Å². The number of anilines is 1. The van der Waals surface area contributed by atoms with Crippen LogP contribution in [0.25, 0.3) is 0 Å². The summed E-state index contributed by atoms with van der Waals surface area (Å²) in [6, 6.07) is 1.86. The Morgan fingerprint density at radius 2 is 1.94 bits per heavy atom. The third kappa shape index (κ3) is 2.81. The molecule has 1 aliphatic rings. The highest BCUT2D eigenvalue weighted by Crippen LogP contribution is 2.21. The number of methoxy groups -OCH3 is 1. The molecule has 0 aliphatic carbocycles. The van der Waals surface area contributed by atoms with Crippen LogP contribution < -0.4 is 4.90 Å². The van der Waals surface area contributed by atoms with Crippen molar-refractivity contribution < 1.29 is 9.53 Å². The van der Waals surface area contributed by atoms with E-state index < -0.39 is 0 Å². The monoisotopic (exact) mass is 248 g/mol. The van der Waals surface area contributed by atoms with Crippen LogP contribution >= 0.6 is 0 Å². The van der Waals surface area contributed by atoms with Crippen LogP contribution in [0, 0.1) is 6.92 Å². The lowest BCUT2D eigenvalue weighted by atomic mass is 10.2. The van der Waals surface area contributed by atoms with Gasteiger partial charge in [-0.2, -0.15) is 0 Å². The summed E-state index contributed by atoms with van der Waals surface area (Å²) in [5, 5.41) is 0. The number of ether oxygens (including phenoxy) is 1. The molecule has 4 heteroatoms. The van der Waals surface area contributed by atoms with Gasteiger partial charge in [0, 0.05) is 19.3 Å². The predicted molar refractivity (Wildman–Crippen MR) is 71.0 cm³/mol. The summed E-state index contributed by atoms with van der Waals surface area (Å²) >= 11 is 0. The number of aryl methyl sites for hydroxylation is 1. The van der Waals surface area contributed by atoms with Gasteiger partial charge >= 0.3 is 5.97 Å². The van der Waals surface area contributed by atoms with Gasteiger partial charge in [0.1, 0.15) is 5.82 Å². The number of rotatable bonds is 2. The summed E-state index contributed by atoms with van der Waals surface area (Å²) in [5.41, 5.74) is 1.56. The minimum Gasteiger partial charge on any atom is -0.465 e. The van der Waals surface area contributed by atoms with E-state index in [-0.39, 0.29) is 5.97 Å². The molecule has 0 radical (unpaired) electrons. The molecule has 0 amide bonds. The summed E-state index contributed by atoms with van der Waals surface area (Å²) in [4.78, 5) is 18.2. The minimum absolute atomic E-state index is 0.326. The van der Waals surface area contributed by atoms with Gasteiger partial charge in [-0.1, -0.05) is 12.8 Å². The zero-order valence-corrected chi connectivity index (χ0v) is 11.1. The Bertz CT molecular complexity index is 424. The van der Waals surface area contributed by atoms with Crippen molar-refractivity contribution in [2.24, 2.45) is 0 Å². The average molecular weight is 248 g/mol. The van der Waals surface area contributed by atoms with Crippen molar-refractivity contribution in [3.8, 4) is 0 Å².